The first-order chi connectivity index (χ1) is 29.6. The lowest BCUT2D eigenvalue weighted by Gasteiger charge is -2.18. The topological polar surface area (TPSA) is 61.8 Å². The van der Waals surface area contributed by atoms with Gasteiger partial charge in [-0.3, -0.25) is 9.59 Å². The van der Waals surface area contributed by atoms with Crippen LogP contribution >= 0.6 is 0 Å². The van der Waals surface area contributed by atoms with Gasteiger partial charge in [-0.25, -0.2) is 0 Å². The SMILES string of the molecule is CC/C=C\C/C=C\C/C=C\C/C=C\C/C=C\CCCC(=O)OCC(COCCCCCCCC/C=C\C/C=C\CCC)OC(=O)CCCCCCC/C=C\C/C=C\CCC. The zero-order chi connectivity index (χ0) is 43.5. The zero-order valence-electron chi connectivity index (χ0n) is 38.9. The van der Waals surface area contributed by atoms with Gasteiger partial charge in [0.05, 0.1) is 6.61 Å². The standard InChI is InChI=1S/C55H90O5/c1-4-7-10-13-16-19-22-25-27-28-29-31-33-36-39-42-45-48-54(56)59-52-53(51-58-50-47-44-41-38-35-32-26-23-20-17-14-11-8-5-2)60-55(57)49-46-43-40-37-34-30-24-21-18-15-12-9-6-3/h7,10-12,14-16,19-21,23-25,27,29,31,36,39,53H,4-6,8-9,13,17-18,22,26,28,30,32-35,37-38,40-52H2,1-3H3/b10-7-,14-11-,15-12-,19-16-,23-20-,24-21-,27-25-,31-29-,39-36-. The van der Waals surface area contributed by atoms with Crippen LogP contribution in [0.2, 0.25) is 0 Å². The molecule has 0 saturated carbocycles. The molecule has 0 aliphatic rings. The Balaban J connectivity index is 4.42. The van der Waals surface area contributed by atoms with Crippen LogP contribution in [0.3, 0.4) is 0 Å². The van der Waals surface area contributed by atoms with Crippen molar-refractivity contribution in [3.8, 4) is 0 Å². The molecule has 0 aromatic heterocycles. The third-order valence-corrected chi connectivity index (χ3v) is 9.72. The van der Waals surface area contributed by atoms with E-state index in [1.54, 1.807) is 0 Å². The highest BCUT2D eigenvalue weighted by atomic mass is 16.6. The van der Waals surface area contributed by atoms with Gasteiger partial charge in [0.1, 0.15) is 6.61 Å². The van der Waals surface area contributed by atoms with Gasteiger partial charge < -0.3 is 14.2 Å². The minimum absolute atomic E-state index is 0.0393. The molecule has 0 aromatic rings. The summed E-state index contributed by atoms with van der Waals surface area (Å²) in [7, 11) is 0. The molecular weight excluding hydrogens is 741 g/mol. The van der Waals surface area contributed by atoms with E-state index in [1.165, 1.54) is 57.8 Å². The Kier molecular flexibility index (Phi) is 47.1. The second-order valence-corrected chi connectivity index (χ2v) is 15.6. The van der Waals surface area contributed by atoms with E-state index in [0.29, 0.717) is 19.4 Å². The highest BCUT2D eigenvalue weighted by Gasteiger charge is 2.17. The molecule has 0 aliphatic carbocycles. The molecule has 0 spiro atoms. The van der Waals surface area contributed by atoms with Crippen molar-refractivity contribution in [2.24, 2.45) is 0 Å². The summed E-state index contributed by atoms with van der Waals surface area (Å²) in [6, 6.07) is 0. The van der Waals surface area contributed by atoms with Crippen LogP contribution in [0.15, 0.2) is 109 Å². The Morgan fingerprint density at radius 1 is 0.383 bits per heavy atom. The lowest BCUT2D eigenvalue weighted by Crippen LogP contribution is -2.30. The quantitative estimate of drug-likeness (QED) is 0.0348. The van der Waals surface area contributed by atoms with Crippen LogP contribution in [-0.2, 0) is 23.8 Å². The molecule has 0 N–H and O–H groups in total. The van der Waals surface area contributed by atoms with Gasteiger partial charge in [-0.05, 0) is 109 Å². The lowest BCUT2D eigenvalue weighted by atomic mass is 10.1. The maximum absolute atomic E-state index is 12.8. The highest BCUT2D eigenvalue weighted by Crippen LogP contribution is 2.12. The van der Waals surface area contributed by atoms with E-state index in [2.05, 4.69) is 130 Å². The number of esters is 2. The Hall–Kier alpha value is -3.44. The van der Waals surface area contributed by atoms with Crippen LogP contribution in [0.5, 0.6) is 0 Å². The number of ether oxygens (including phenoxy) is 3. The maximum atomic E-state index is 12.8. The fourth-order valence-electron chi connectivity index (χ4n) is 6.15. The molecule has 1 unspecified atom stereocenters. The first-order valence-electron chi connectivity index (χ1n) is 24.4. The summed E-state index contributed by atoms with van der Waals surface area (Å²) < 4.78 is 17.3. The molecule has 0 heterocycles. The van der Waals surface area contributed by atoms with Crippen LogP contribution in [0.25, 0.3) is 0 Å². The summed E-state index contributed by atoms with van der Waals surface area (Å²) in [5.74, 6) is -0.495. The summed E-state index contributed by atoms with van der Waals surface area (Å²) in [4.78, 5) is 25.3. The van der Waals surface area contributed by atoms with E-state index in [1.807, 2.05) is 0 Å². The van der Waals surface area contributed by atoms with E-state index < -0.39 is 6.10 Å². The van der Waals surface area contributed by atoms with Crippen molar-refractivity contribution in [2.75, 3.05) is 19.8 Å². The summed E-state index contributed by atoms with van der Waals surface area (Å²) in [5.41, 5.74) is 0. The van der Waals surface area contributed by atoms with Crippen molar-refractivity contribution in [3.63, 3.8) is 0 Å². The number of hydrogen-bond donors (Lipinski definition) is 0. The fraction of sp³-hybridized carbons (Fsp3) is 0.636. The normalized spacial score (nSPS) is 13.2. The Morgan fingerprint density at radius 3 is 1.25 bits per heavy atom. The fourth-order valence-corrected chi connectivity index (χ4v) is 6.15. The molecule has 0 radical (unpaired) electrons. The molecule has 340 valence electrons. The van der Waals surface area contributed by atoms with Crippen LogP contribution in [0.1, 0.15) is 201 Å². The number of carbonyl (C=O) groups is 2. The first kappa shape index (κ1) is 56.6. The minimum atomic E-state index is -0.578. The van der Waals surface area contributed by atoms with Crippen molar-refractivity contribution in [3.05, 3.63) is 109 Å². The molecule has 0 amide bonds. The van der Waals surface area contributed by atoms with Gasteiger partial charge in [-0.2, -0.15) is 0 Å². The molecule has 0 aromatic carbocycles. The summed E-state index contributed by atoms with van der Waals surface area (Å²) in [6.45, 7) is 7.47. The molecule has 0 rings (SSSR count). The van der Waals surface area contributed by atoms with Crippen molar-refractivity contribution >= 4 is 11.9 Å². The molecule has 0 bridgehead atoms. The molecule has 60 heavy (non-hydrogen) atoms. The smallest absolute Gasteiger partial charge is 0.306 e. The molecule has 5 heteroatoms. The molecule has 1 atom stereocenters. The van der Waals surface area contributed by atoms with Gasteiger partial charge in [0.15, 0.2) is 6.10 Å². The Morgan fingerprint density at radius 2 is 0.767 bits per heavy atom. The average Bonchev–Trinajstić information content (AvgIpc) is 3.25. The van der Waals surface area contributed by atoms with E-state index in [9.17, 15) is 9.59 Å². The van der Waals surface area contributed by atoms with E-state index >= 15 is 0 Å². The second kappa shape index (κ2) is 49.9. The van der Waals surface area contributed by atoms with E-state index in [4.69, 9.17) is 14.2 Å². The number of allylic oxidation sites excluding steroid dienone is 18. The van der Waals surface area contributed by atoms with Gasteiger partial charge in [-0.1, -0.05) is 188 Å². The van der Waals surface area contributed by atoms with E-state index in [-0.39, 0.29) is 25.2 Å². The lowest BCUT2D eigenvalue weighted by molar-refractivity contribution is -0.163. The predicted octanol–water partition coefficient (Wildman–Crippen LogP) is 16.4. The van der Waals surface area contributed by atoms with Crippen molar-refractivity contribution < 1.29 is 23.8 Å². The second-order valence-electron chi connectivity index (χ2n) is 15.6. The molecule has 0 saturated heterocycles. The van der Waals surface area contributed by atoms with Crippen molar-refractivity contribution in [1.82, 2.24) is 0 Å². The number of carbonyl (C=O) groups excluding carboxylic acids is 2. The van der Waals surface area contributed by atoms with Gasteiger partial charge in [0, 0.05) is 19.4 Å². The maximum Gasteiger partial charge on any atom is 0.306 e. The summed E-state index contributed by atoms with van der Waals surface area (Å²) in [6.07, 6.45) is 68.1. The van der Waals surface area contributed by atoms with Gasteiger partial charge in [-0.15, -0.1) is 0 Å². The summed E-state index contributed by atoms with van der Waals surface area (Å²) >= 11 is 0. The zero-order valence-corrected chi connectivity index (χ0v) is 38.9. The number of unbranched alkanes of at least 4 members (excludes halogenated alkanes) is 14. The summed E-state index contributed by atoms with van der Waals surface area (Å²) in [5, 5.41) is 0. The minimum Gasteiger partial charge on any atom is -0.462 e. The van der Waals surface area contributed by atoms with Gasteiger partial charge in [0.25, 0.3) is 0 Å². The van der Waals surface area contributed by atoms with Crippen molar-refractivity contribution in [1.29, 1.82) is 0 Å². The van der Waals surface area contributed by atoms with Crippen LogP contribution in [0.4, 0.5) is 0 Å². The van der Waals surface area contributed by atoms with Gasteiger partial charge in [0.2, 0.25) is 0 Å². The molecular formula is C55H90O5. The molecule has 0 aliphatic heterocycles. The van der Waals surface area contributed by atoms with Crippen LogP contribution < -0.4 is 0 Å². The molecule has 5 nitrogen and oxygen atoms in total. The van der Waals surface area contributed by atoms with E-state index in [0.717, 1.165) is 109 Å². The highest BCUT2D eigenvalue weighted by molar-refractivity contribution is 5.70. The largest absolute Gasteiger partial charge is 0.462 e. The predicted molar refractivity (Wildman–Crippen MR) is 260 cm³/mol. The number of hydrogen-bond acceptors (Lipinski definition) is 5. The van der Waals surface area contributed by atoms with Crippen LogP contribution in [0, 0.1) is 0 Å². The monoisotopic (exact) mass is 831 g/mol. The third kappa shape index (κ3) is 47.2. The third-order valence-electron chi connectivity index (χ3n) is 9.72. The first-order valence-corrected chi connectivity index (χ1v) is 24.4. The van der Waals surface area contributed by atoms with Gasteiger partial charge >= 0.3 is 11.9 Å². The number of rotatable bonds is 43. The average molecular weight is 831 g/mol. The van der Waals surface area contributed by atoms with Crippen LogP contribution in [-0.4, -0.2) is 37.9 Å². The Bertz CT molecular complexity index is 1210. The Labute approximate surface area is 370 Å². The molecule has 0 fully saturated rings. The van der Waals surface area contributed by atoms with Crippen molar-refractivity contribution in [2.45, 2.75) is 207 Å².